The van der Waals surface area contributed by atoms with E-state index in [9.17, 15) is 0 Å². The van der Waals surface area contributed by atoms with Gasteiger partial charge in [0.2, 0.25) is 0 Å². The van der Waals surface area contributed by atoms with Crippen molar-refractivity contribution < 1.29 is 0 Å². The molecule has 1 aliphatic rings. The summed E-state index contributed by atoms with van der Waals surface area (Å²) in [5, 5.41) is 11.4. The number of fused-ring (bicyclic) bond motifs is 10. The molecule has 44 heavy (non-hydrogen) atoms. The Morgan fingerprint density at radius 3 is 2.41 bits per heavy atom. The fraction of sp³-hybridized carbons (Fsp3) is 0.0750. The lowest BCUT2D eigenvalue weighted by Gasteiger charge is -2.21. The number of nitrogens with zero attached hydrogens (tertiary/aromatic N) is 3. The molecule has 1 aliphatic carbocycles. The van der Waals surface area contributed by atoms with Gasteiger partial charge < -0.3 is 4.57 Å². The van der Waals surface area contributed by atoms with Crippen LogP contribution in [-0.4, -0.2) is 14.2 Å². The molecule has 10 rings (SSSR count). The van der Waals surface area contributed by atoms with Gasteiger partial charge in [0.05, 0.1) is 16.7 Å². The smallest absolute Gasteiger partial charge is 0.109 e. The standard InChI is InChI=1S/C40H27N3S/c1-40(2)33-16-7-5-14-29(33)31-22-36-32(21-34(31)40)38-30-15-6-8-17-37(30)44-39(38)43(36)27-13-9-12-25(19-27)35-20-28-18-24-10-3-4-11-26(24)23-42(28)41-35/h3-23H,1-2H3. The minimum absolute atomic E-state index is 0.0474. The molecule has 0 saturated heterocycles. The fourth-order valence-corrected chi connectivity index (χ4v) is 8.81. The number of hydrogen-bond donors (Lipinski definition) is 0. The third kappa shape index (κ3) is 3.18. The highest BCUT2D eigenvalue weighted by molar-refractivity contribution is 7.25. The third-order valence-corrected chi connectivity index (χ3v) is 10.9. The molecule has 4 heterocycles. The molecule has 0 saturated carbocycles. The average molecular weight is 582 g/mol. The van der Waals surface area contributed by atoms with Crippen LogP contribution in [0.3, 0.4) is 0 Å². The highest BCUT2D eigenvalue weighted by Crippen LogP contribution is 2.52. The van der Waals surface area contributed by atoms with Crippen LogP contribution in [0.1, 0.15) is 25.0 Å². The lowest BCUT2D eigenvalue weighted by molar-refractivity contribution is 0.661. The van der Waals surface area contributed by atoms with E-state index in [1.54, 1.807) is 0 Å². The van der Waals surface area contributed by atoms with Crippen molar-refractivity contribution in [1.82, 2.24) is 14.2 Å². The van der Waals surface area contributed by atoms with E-state index in [1.807, 2.05) is 15.9 Å². The van der Waals surface area contributed by atoms with Crippen molar-refractivity contribution in [3.8, 4) is 28.1 Å². The zero-order chi connectivity index (χ0) is 29.2. The molecule has 0 atom stereocenters. The van der Waals surface area contributed by atoms with Gasteiger partial charge in [0.15, 0.2) is 0 Å². The minimum Gasteiger partial charge on any atom is -0.301 e. The molecule has 0 radical (unpaired) electrons. The van der Waals surface area contributed by atoms with Crippen LogP contribution in [0.4, 0.5) is 0 Å². The van der Waals surface area contributed by atoms with Crippen molar-refractivity contribution in [2.45, 2.75) is 19.3 Å². The second-order valence-corrected chi connectivity index (χ2v) is 13.6. The van der Waals surface area contributed by atoms with Crippen molar-refractivity contribution in [2.75, 3.05) is 0 Å². The molecule has 0 N–H and O–H groups in total. The van der Waals surface area contributed by atoms with Crippen molar-refractivity contribution in [3.63, 3.8) is 0 Å². The average Bonchev–Trinajstić information content (AvgIpc) is 3.77. The largest absolute Gasteiger partial charge is 0.301 e. The predicted octanol–water partition coefficient (Wildman–Crippen LogP) is 10.8. The first-order valence-corrected chi connectivity index (χ1v) is 16.0. The van der Waals surface area contributed by atoms with Crippen LogP contribution < -0.4 is 0 Å². The fourth-order valence-electron chi connectivity index (χ4n) is 7.55. The van der Waals surface area contributed by atoms with Crippen LogP contribution in [0, 0.1) is 0 Å². The lowest BCUT2D eigenvalue weighted by Crippen LogP contribution is -2.14. The summed E-state index contributed by atoms with van der Waals surface area (Å²) in [6.45, 7) is 4.73. The first kappa shape index (κ1) is 24.3. The van der Waals surface area contributed by atoms with Gasteiger partial charge in [-0.25, -0.2) is 4.52 Å². The quantitative estimate of drug-likeness (QED) is 0.199. The van der Waals surface area contributed by atoms with Crippen molar-refractivity contribution in [3.05, 3.63) is 139 Å². The molecule has 0 unspecified atom stereocenters. The summed E-state index contributed by atoms with van der Waals surface area (Å²) in [5.41, 5.74) is 11.0. The van der Waals surface area contributed by atoms with Crippen LogP contribution in [0.5, 0.6) is 0 Å². The molecule has 208 valence electrons. The van der Waals surface area contributed by atoms with Gasteiger partial charge in [-0.05, 0) is 70.1 Å². The first-order chi connectivity index (χ1) is 21.5. The summed E-state index contributed by atoms with van der Waals surface area (Å²) in [6.07, 6.45) is 2.12. The number of hydrogen-bond acceptors (Lipinski definition) is 2. The Hall–Kier alpha value is -5.19. The van der Waals surface area contributed by atoms with E-state index >= 15 is 0 Å². The van der Waals surface area contributed by atoms with Gasteiger partial charge in [-0.2, -0.15) is 5.10 Å². The Labute approximate surface area is 258 Å². The summed E-state index contributed by atoms with van der Waals surface area (Å²) >= 11 is 1.88. The Kier molecular flexibility index (Phi) is 4.67. The van der Waals surface area contributed by atoms with Crippen molar-refractivity contribution in [2.24, 2.45) is 0 Å². The molecule has 0 aliphatic heterocycles. The Morgan fingerprint density at radius 1 is 0.659 bits per heavy atom. The van der Waals surface area contributed by atoms with Crippen LogP contribution >= 0.6 is 11.3 Å². The number of thiophene rings is 1. The van der Waals surface area contributed by atoms with Gasteiger partial charge in [-0.3, -0.25) is 0 Å². The van der Waals surface area contributed by atoms with Gasteiger partial charge in [-0.15, -0.1) is 11.3 Å². The van der Waals surface area contributed by atoms with Gasteiger partial charge in [0.25, 0.3) is 0 Å². The molecule has 3 nitrogen and oxygen atoms in total. The molecule has 4 heteroatoms. The molecule has 5 aromatic carbocycles. The van der Waals surface area contributed by atoms with Gasteiger partial charge in [0.1, 0.15) is 4.83 Å². The zero-order valence-electron chi connectivity index (χ0n) is 24.4. The summed E-state index contributed by atoms with van der Waals surface area (Å²) in [4.78, 5) is 1.29. The first-order valence-electron chi connectivity index (χ1n) is 15.1. The molecule has 0 amide bonds. The topological polar surface area (TPSA) is 22.2 Å². The van der Waals surface area contributed by atoms with E-state index in [2.05, 4.69) is 146 Å². The van der Waals surface area contributed by atoms with Crippen LogP contribution in [0.2, 0.25) is 0 Å². The Bertz CT molecular complexity index is 2590. The molecule has 0 bridgehead atoms. The normalized spacial score (nSPS) is 13.9. The molecule has 9 aromatic rings. The highest BCUT2D eigenvalue weighted by Gasteiger charge is 2.36. The maximum atomic E-state index is 5.01. The van der Waals surface area contributed by atoms with E-state index in [4.69, 9.17) is 5.10 Å². The summed E-state index contributed by atoms with van der Waals surface area (Å²) in [6, 6.07) is 44.5. The zero-order valence-corrected chi connectivity index (χ0v) is 25.2. The highest BCUT2D eigenvalue weighted by atomic mass is 32.1. The van der Waals surface area contributed by atoms with Gasteiger partial charge in [0, 0.05) is 49.1 Å². The number of aromatic nitrogens is 3. The number of pyridine rings is 1. The van der Waals surface area contributed by atoms with E-state index < -0.39 is 0 Å². The Morgan fingerprint density at radius 2 is 1.48 bits per heavy atom. The predicted molar refractivity (Wildman–Crippen MR) is 185 cm³/mol. The third-order valence-electron chi connectivity index (χ3n) is 9.72. The van der Waals surface area contributed by atoms with Crippen LogP contribution in [-0.2, 0) is 5.41 Å². The van der Waals surface area contributed by atoms with E-state index in [-0.39, 0.29) is 5.41 Å². The van der Waals surface area contributed by atoms with E-state index in [1.165, 1.54) is 64.2 Å². The lowest BCUT2D eigenvalue weighted by atomic mass is 9.82. The van der Waals surface area contributed by atoms with E-state index in [0.717, 1.165) is 22.5 Å². The number of benzene rings is 5. The maximum absolute atomic E-state index is 5.01. The monoisotopic (exact) mass is 581 g/mol. The van der Waals surface area contributed by atoms with Gasteiger partial charge >= 0.3 is 0 Å². The second-order valence-electron chi connectivity index (χ2n) is 12.6. The summed E-state index contributed by atoms with van der Waals surface area (Å²) < 4.78 is 5.80. The summed E-state index contributed by atoms with van der Waals surface area (Å²) in [7, 11) is 0. The molecular weight excluding hydrogens is 555 g/mol. The minimum atomic E-state index is -0.0474. The SMILES string of the molecule is CC1(C)c2ccccc2-c2cc3c(cc21)c1c2ccccc2sc1n3-c1cccc(-c2cc3cc4ccccc4cn3n2)c1. The van der Waals surface area contributed by atoms with Crippen molar-refractivity contribution in [1.29, 1.82) is 0 Å². The molecular formula is C40H27N3S. The Balaban J connectivity index is 1.24. The van der Waals surface area contributed by atoms with Crippen LogP contribution in [0.25, 0.3) is 75.6 Å². The molecule has 0 spiro atoms. The van der Waals surface area contributed by atoms with Crippen molar-refractivity contribution >= 4 is 58.8 Å². The summed E-state index contributed by atoms with van der Waals surface area (Å²) in [5.74, 6) is 0. The number of rotatable bonds is 2. The van der Waals surface area contributed by atoms with Crippen LogP contribution in [0.15, 0.2) is 128 Å². The van der Waals surface area contributed by atoms with Gasteiger partial charge in [-0.1, -0.05) is 92.7 Å². The van der Waals surface area contributed by atoms with E-state index in [0.29, 0.717) is 0 Å². The maximum Gasteiger partial charge on any atom is 0.109 e. The molecule has 4 aromatic heterocycles. The molecule has 0 fully saturated rings. The second kappa shape index (κ2) is 8.46.